The van der Waals surface area contributed by atoms with Crippen molar-refractivity contribution in [1.29, 1.82) is 0 Å². The van der Waals surface area contributed by atoms with Gasteiger partial charge in [0.2, 0.25) is 5.91 Å². The van der Waals surface area contributed by atoms with Gasteiger partial charge in [-0.15, -0.1) is 24.0 Å². The lowest BCUT2D eigenvalue weighted by Crippen LogP contribution is -2.38. The quantitative estimate of drug-likeness (QED) is 0.372. The van der Waals surface area contributed by atoms with Gasteiger partial charge >= 0.3 is 0 Å². The number of rotatable bonds is 6. The second kappa shape index (κ2) is 11.0. The molecule has 26 heavy (non-hydrogen) atoms. The average Bonchev–Trinajstić information content (AvgIpc) is 2.59. The second-order valence-electron chi connectivity index (χ2n) is 5.72. The maximum absolute atomic E-state index is 11.1. The van der Waals surface area contributed by atoms with Crippen LogP contribution in [0.5, 0.6) is 0 Å². The standard InChI is InChI=1S/C19H23ClN4O.HI/c1-3-22-19(24(2)13-15-5-4-6-17(20)11-15)23-12-14-7-9-16(10-8-14)18(21)25;/h4-11H,3,12-13H2,1-2H3,(H2,21,25)(H,22,23);1H. The van der Waals surface area contributed by atoms with Gasteiger partial charge in [0.25, 0.3) is 0 Å². The van der Waals surface area contributed by atoms with E-state index in [0.29, 0.717) is 18.7 Å². The largest absolute Gasteiger partial charge is 0.366 e. The molecule has 0 aromatic heterocycles. The van der Waals surface area contributed by atoms with E-state index in [-0.39, 0.29) is 24.0 Å². The summed E-state index contributed by atoms with van der Waals surface area (Å²) in [6, 6.07) is 15.0. The summed E-state index contributed by atoms with van der Waals surface area (Å²) < 4.78 is 0. The molecule has 0 aliphatic carbocycles. The number of nitrogens with one attached hydrogen (secondary N) is 1. The van der Waals surface area contributed by atoms with E-state index < -0.39 is 5.91 Å². The van der Waals surface area contributed by atoms with Crippen molar-refractivity contribution >= 4 is 47.4 Å². The van der Waals surface area contributed by atoms with Crippen molar-refractivity contribution in [2.24, 2.45) is 10.7 Å². The lowest BCUT2D eigenvalue weighted by molar-refractivity contribution is 0.100. The molecule has 0 heterocycles. The molecule has 7 heteroatoms. The zero-order valence-electron chi connectivity index (χ0n) is 14.9. The number of benzene rings is 2. The minimum atomic E-state index is -0.426. The van der Waals surface area contributed by atoms with E-state index >= 15 is 0 Å². The summed E-state index contributed by atoms with van der Waals surface area (Å²) in [5.41, 5.74) is 7.88. The first kappa shape index (κ1) is 22.2. The number of hydrogen-bond acceptors (Lipinski definition) is 2. The van der Waals surface area contributed by atoms with E-state index in [4.69, 9.17) is 17.3 Å². The molecule has 0 spiro atoms. The Kier molecular flexibility index (Phi) is 9.43. The van der Waals surface area contributed by atoms with Crippen LogP contribution in [-0.2, 0) is 13.1 Å². The van der Waals surface area contributed by atoms with Crippen LogP contribution in [-0.4, -0.2) is 30.4 Å². The molecule has 0 aliphatic rings. The first-order chi connectivity index (χ1) is 12.0. The van der Waals surface area contributed by atoms with Crippen molar-refractivity contribution in [3.63, 3.8) is 0 Å². The van der Waals surface area contributed by atoms with E-state index in [1.54, 1.807) is 12.1 Å². The molecular formula is C19H24ClIN4O. The van der Waals surface area contributed by atoms with Crippen LogP contribution in [0.1, 0.15) is 28.4 Å². The van der Waals surface area contributed by atoms with Crippen molar-refractivity contribution in [3.05, 3.63) is 70.2 Å². The number of carbonyl (C=O) groups is 1. The molecule has 0 bridgehead atoms. The van der Waals surface area contributed by atoms with Crippen molar-refractivity contribution in [2.45, 2.75) is 20.0 Å². The minimum Gasteiger partial charge on any atom is -0.366 e. The van der Waals surface area contributed by atoms with Gasteiger partial charge < -0.3 is 16.0 Å². The number of carbonyl (C=O) groups excluding carboxylic acids is 1. The van der Waals surface area contributed by atoms with Gasteiger partial charge in [0.15, 0.2) is 5.96 Å². The lowest BCUT2D eigenvalue weighted by atomic mass is 10.1. The monoisotopic (exact) mass is 486 g/mol. The smallest absolute Gasteiger partial charge is 0.248 e. The third-order valence-corrected chi connectivity index (χ3v) is 3.89. The van der Waals surface area contributed by atoms with E-state index in [2.05, 4.69) is 10.3 Å². The maximum Gasteiger partial charge on any atom is 0.248 e. The van der Waals surface area contributed by atoms with Crippen LogP contribution < -0.4 is 11.1 Å². The zero-order valence-corrected chi connectivity index (χ0v) is 18.0. The highest BCUT2D eigenvalue weighted by Crippen LogP contribution is 2.12. The predicted molar refractivity (Wildman–Crippen MR) is 118 cm³/mol. The summed E-state index contributed by atoms with van der Waals surface area (Å²) in [4.78, 5) is 17.8. The zero-order chi connectivity index (χ0) is 18.2. The summed E-state index contributed by atoms with van der Waals surface area (Å²) >= 11 is 6.05. The highest BCUT2D eigenvalue weighted by molar-refractivity contribution is 14.0. The topological polar surface area (TPSA) is 70.7 Å². The van der Waals surface area contributed by atoms with E-state index in [1.165, 1.54) is 0 Å². The third kappa shape index (κ3) is 6.84. The Balaban J connectivity index is 0.00000338. The van der Waals surface area contributed by atoms with E-state index in [9.17, 15) is 4.79 Å². The summed E-state index contributed by atoms with van der Waals surface area (Å²) in [5, 5.41) is 4.01. The van der Waals surface area contributed by atoms with Crippen LogP contribution in [0.4, 0.5) is 0 Å². The Bertz CT molecular complexity index is 749. The summed E-state index contributed by atoms with van der Waals surface area (Å²) in [7, 11) is 1.98. The van der Waals surface area contributed by atoms with Crippen molar-refractivity contribution in [3.8, 4) is 0 Å². The Hall–Kier alpha value is -1.80. The fourth-order valence-electron chi connectivity index (χ4n) is 2.39. The lowest BCUT2D eigenvalue weighted by Gasteiger charge is -2.22. The number of aliphatic imine (C=N–C) groups is 1. The predicted octanol–water partition coefficient (Wildman–Crippen LogP) is 3.65. The van der Waals surface area contributed by atoms with Gasteiger partial charge in [0, 0.05) is 30.7 Å². The van der Waals surface area contributed by atoms with Gasteiger partial charge in [0.1, 0.15) is 0 Å². The molecule has 140 valence electrons. The number of hydrogen-bond donors (Lipinski definition) is 2. The minimum absolute atomic E-state index is 0. The van der Waals surface area contributed by atoms with Crippen molar-refractivity contribution < 1.29 is 4.79 Å². The number of primary amides is 1. The van der Waals surface area contributed by atoms with Crippen molar-refractivity contribution in [2.75, 3.05) is 13.6 Å². The number of nitrogens with zero attached hydrogens (tertiary/aromatic N) is 2. The number of halogens is 2. The summed E-state index contributed by atoms with van der Waals surface area (Å²) in [6.07, 6.45) is 0. The first-order valence-corrected chi connectivity index (χ1v) is 8.50. The number of nitrogens with two attached hydrogens (primary N) is 1. The Morgan fingerprint density at radius 3 is 2.46 bits per heavy atom. The van der Waals surface area contributed by atoms with Gasteiger partial charge in [-0.05, 0) is 42.3 Å². The van der Waals surface area contributed by atoms with Gasteiger partial charge in [-0.2, -0.15) is 0 Å². The third-order valence-electron chi connectivity index (χ3n) is 3.66. The van der Waals surface area contributed by atoms with Crippen LogP contribution in [0.2, 0.25) is 5.02 Å². The van der Waals surface area contributed by atoms with Gasteiger partial charge in [-0.25, -0.2) is 4.99 Å². The SMILES string of the molecule is CCNC(=NCc1ccc(C(N)=O)cc1)N(C)Cc1cccc(Cl)c1.I. The van der Waals surface area contributed by atoms with E-state index in [0.717, 1.165) is 28.7 Å². The van der Waals surface area contributed by atoms with Crippen LogP contribution >= 0.6 is 35.6 Å². The average molecular weight is 487 g/mol. The Labute approximate surface area is 176 Å². The van der Waals surface area contributed by atoms with Crippen molar-refractivity contribution in [1.82, 2.24) is 10.2 Å². The molecule has 0 radical (unpaired) electrons. The second-order valence-corrected chi connectivity index (χ2v) is 6.15. The van der Waals surface area contributed by atoms with Gasteiger partial charge in [-0.3, -0.25) is 4.79 Å². The molecule has 0 saturated heterocycles. The number of amides is 1. The fourth-order valence-corrected chi connectivity index (χ4v) is 2.61. The van der Waals surface area contributed by atoms with Crippen LogP contribution in [0.15, 0.2) is 53.5 Å². The highest BCUT2D eigenvalue weighted by atomic mass is 127. The molecule has 3 N–H and O–H groups in total. The molecule has 2 aromatic carbocycles. The normalized spacial score (nSPS) is 10.8. The molecule has 2 rings (SSSR count). The van der Waals surface area contributed by atoms with Crippen LogP contribution in [0.3, 0.4) is 0 Å². The molecular weight excluding hydrogens is 463 g/mol. The molecule has 2 aromatic rings. The summed E-state index contributed by atoms with van der Waals surface area (Å²) in [5.74, 6) is 0.381. The molecule has 1 amide bonds. The molecule has 0 unspecified atom stereocenters. The Morgan fingerprint density at radius 1 is 1.19 bits per heavy atom. The van der Waals surface area contributed by atoms with Crippen LogP contribution in [0, 0.1) is 0 Å². The molecule has 0 aliphatic heterocycles. The van der Waals surface area contributed by atoms with Gasteiger partial charge in [-0.1, -0.05) is 35.9 Å². The molecule has 5 nitrogen and oxygen atoms in total. The summed E-state index contributed by atoms with van der Waals surface area (Å²) in [6.45, 7) is 4.03. The van der Waals surface area contributed by atoms with Gasteiger partial charge in [0.05, 0.1) is 6.54 Å². The van der Waals surface area contributed by atoms with Crippen LogP contribution in [0.25, 0.3) is 0 Å². The molecule has 0 saturated carbocycles. The number of guanidine groups is 1. The highest BCUT2D eigenvalue weighted by Gasteiger charge is 2.07. The molecule has 0 atom stereocenters. The Morgan fingerprint density at radius 2 is 1.88 bits per heavy atom. The fraction of sp³-hybridized carbons (Fsp3) is 0.263. The molecule has 0 fully saturated rings. The maximum atomic E-state index is 11.1. The van der Waals surface area contributed by atoms with E-state index in [1.807, 2.05) is 55.3 Å². The first-order valence-electron chi connectivity index (χ1n) is 8.12.